The summed E-state index contributed by atoms with van der Waals surface area (Å²) in [5, 5.41) is 0. The van der Waals surface area contributed by atoms with E-state index in [-0.39, 0.29) is 52.9 Å². The molecule has 3 aromatic carbocycles. The Balaban J connectivity index is 1.28. The van der Waals surface area contributed by atoms with Crippen LogP contribution in [0.4, 0.5) is 0 Å². The fourth-order valence-corrected chi connectivity index (χ4v) is 9.99. The maximum Gasteiger partial charge on any atom is 0.352 e. The predicted octanol–water partition coefficient (Wildman–Crippen LogP) is 5.16. The molecule has 4 bridgehead atoms. The van der Waals surface area contributed by atoms with Crippen LogP contribution in [0.5, 0.6) is 0 Å². The number of fused-ring (bicyclic) bond motifs is 5. The number of carbonyl (C=O) groups is 1. The molecule has 4 aliphatic carbocycles. The van der Waals surface area contributed by atoms with Crippen molar-refractivity contribution >= 4 is 16.9 Å². The minimum atomic E-state index is -0.685. The molecule has 6 heteroatoms. The Labute approximate surface area is 236 Å². The molecule has 0 saturated heterocycles. The molecule has 0 radical (unpaired) electrons. The van der Waals surface area contributed by atoms with Gasteiger partial charge >= 0.3 is 11.4 Å². The van der Waals surface area contributed by atoms with Crippen LogP contribution >= 0.6 is 0 Å². The van der Waals surface area contributed by atoms with Crippen LogP contribution < -0.4 is 11.4 Å². The maximum absolute atomic E-state index is 14.8. The van der Waals surface area contributed by atoms with Crippen molar-refractivity contribution < 1.29 is 4.79 Å². The zero-order chi connectivity index (χ0) is 27.8. The number of nitrogens with zero attached hydrogens (tertiary/aromatic N) is 3. The van der Waals surface area contributed by atoms with Gasteiger partial charge in [0.05, 0.1) is 28.6 Å². The number of aromatic nitrogens is 3. The second kappa shape index (κ2) is 7.43. The van der Waals surface area contributed by atoms with Crippen molar-refractivity contribution in [2.24, 2.45) is 34.5 Å². The second-order valence-electron chi connectivity index (χ2n) is 12.7. The lowest BCUT2D eigenvalue weighted by atomic mass is 9.40. The van der Waals surface area contributed by atoms with Crippen molar-refractivity contribution in [1.82, 2.24) is 13.9 Å². The lowest BCUT2D eigenvalue weighted by molar-refractivity contribution is -0.138. The number of ketones is 1. The molecule has 41 heavy (non-hydrogen) atoms. The molecule has 0 unspecified atom stereocenters. The Morgan fingerprint density at radius 1 is 0.561 bits per heavy atom. The summed E-state index contributed by atoms with van der Waals surface area (Å²) in [4.78, 5) is 42.6. The molecule has 0 spiro atoms. The number of hydrogen-bond acceptors (Lipinski definition) is 3. The third-order valence-electron chi connectivity index (χ3n) is 11.2. The normalized spacial score (nSPS) is 35.3. The third kappa shape index (κ3) is 2.42. The van der Waals surface area contributed by atoms with E-state index in [2.05, 4.69) is 50.3 Å². The number of Topliss-reactive ketones (excluding diaryl/α,β-unsaturated/α-hetero) is 1. The first kappa shape index (κ1) is 23.3. The fraction of sp³-hybridized carbons (Fsp3) is 0.286. The van der Waals surface area contributed by atoms with Crippen molar-refractivity contribution in [3.63, 3.8) is 0 Å². The van der Waals surface area contributed by atoms with Crippen LogP contribution in [0.3, 0.4) is 0 Å². The largest absolute Gasteiger partial charge is 0.352 e. The molecule has 2 saturated carbocycles. The zero-order valence-electron chi connectivity index (χ0n) is 22.8. The van der Waals surface area contributed by atoms with Gasteiger partial charge in [0.1, 0.15) is 0 Å². The summed E-state index contributed by atoms with van der Waals surface area (Å²) in [6, 6.07) is 29.4. The van der Waals surface area contributed by atoms with Gasteiger partial charge < -0.3 is 0 Å². The van der Waals surface area contributed by atoms with Crippen molar-refractivity contribution in [2.45, 2.75) is 25.9 Å². The molecule has 6 nitrogen and oxygen atoms in total. The van der Waals surface area contributed by atoms with Crippen LogP contribution in [0, 0.1) is 34.5 Å². The van der Waals surface area contributed by atoms with Crippen molar-refractivity contribution in [1.29, 1.82) is 0 Å². The van der Waals surface area contributed by atoms with Gasteiger partial charge in [-0.05, 0) is 71.9 Å². The molecule has 0 amide bonds. The quantitative estimate of drug-likeness (QED) is 0.338. The first-order valence-electron chi connectivity index (χ1n) is 14.5. The minimum Gasteiger partial charge on any atom is -0.298 e. The van der Waals surface area contributed by atoms with Crippen molar-refractivity contribution in [3.8, 4) is 5.69 Å². The van der Waals surface area contributed by atoms with Crippen LogP contribution in [0.15, 0.2) is 113 Å². The Bertz CT molecular complexity index is 1850. The molecule has 8 atom stereocenters. The lowest BCUT2D eigenvalue weighted by Gasteiger charge is -2.65. The molecule has 2 aliphatic heterocycles. The highest BCUT2D eigenvalue weighted by Gasteiger charge is 2.82. The molecule has 1 aromatic heterocycles. The van der Waals surface area contributed by atoms with E-state index in [1.807, 2.05) is 54.6 Å². The Morgan fingerprint density at radius 2 is 0.951 bits per heavy atom. The molecular weight excluding hydrogens is 510 g/mol. The highest BCUT2D eigenvalue weighted by atomic mass is 16.2. The topological polar surface area (TPSA) is 66.0 Å². The summed E-state index contributed by atoms with van der Waals surface area (Å²) in [6.45, 7) is 4.31. The van der Waals surface area contributed by atoms with Gasteiger partial charge in [-0.2, -0.15) is 0 Å². The minimum absolute atomic E-state index is 0.0842. The van der Waals surface area contributed by atoms with Gasteiger partial charge in [0.15, 0.2) is 5.78 Å². The first-order chi connectivity index (χ1) is 19.9. The number of hydrogen-bond donors (Lipinski definition) is 0. The van der Waals surface area contributed by atoms with Crippen molar-refractivity contribution in [3.05, 3.63) is 135 Å². The van der Waals surface area contributed by atoms with Gasteiger partial charge in [-0.1, -0.05) is 91.0 Å². The average molecular weight is 540 g/mol. The van der Waals surface area contributed by atoms with E-state index in [0.717, 1.165) is 22.3 Å². The van der Waals surface area contributed by atoms with E-state index < -0.39 is 10.8 Å². The summed E-state index contributed by atoms with van der Waals surface area (Å²) in [7, 11) is 0. The van der Waals surface area contributed by atoms with E-state index >= 15 is 0 Å². The van der Waals surface area contributed by atoms with Crippen molar-refractivity contribution in [2.75, 3.05) is 0 Å². The molecule has 10 rings (SSSR count). The summed E-state index contributed by atoms with van der Waals surface area (Å²) in [5.41, 5.74) is 3.04. The maximum atomic E-state index is 14.8. The smallest absolute Gasteiger partial charge is 0.298 e. The van der Waals surface area contributed by atoms with E-state index in [1.54, 1.807) is 21.5 Å². The van der Waals surface area contributed by atoms with Gasteiger partial charge in [0.2, 0.25) is 0 Å². The Hall–Kier alpha value is -4.45. The Morgan fingerprint density at radius 3 is 1.37 bits per heavy atom. The van der Waals surface area contributed by atoms with Crippen LogP contribution in [-0.4, -0.2) is 19.7 Å². The van der Waals surface area contributed by atoms with Gasteiger partial charge in [0, 0.05) is 0 Å². The molecule has 0 N–H and O–H groups in total. The Kier molecular flexibility index (Phi) is 4.22. The predicted molar refractivity (Wildman–Crippen MR) is 156 cm³/mol. The summed E-state index contributed by atoms with van der Waals surface area (Å²) in [5.74, 6) is 0.656. The second-order valence-corrected chi connectivity index (χ2v) is 12.7. The lowest BCUT2D eigenvalue weighted by Crippen LogP contribution is -2.65. The summed E-state index contributed by atoms with van der Waals surface area (Å²) >= 11 is 0. The molecule has 4 aromatic rings. The highest BCUT2D eigenvalue weighted by Crippen LogP contribution is 2.82. The van der Waals surface area contributed by atoms with E-state index in [9.17, 15) is 14.4 Å². The van der Waals surface area contributed by atoms with Gasteiger partial charge in [-0.25, -0.2) is 23.5 Å². The van der Waals surface area contributed by atoms with E-state index in [1.165, 1.54) is 4.57 Å². The third-order valence-corrected chi connectivity index (χ3v) is 11.2. The monoisotopic (exact) mass is 539 g/mol. The van der Waals surface area contributed by atoms with Crippen LogP contribution in [0.2, 0.25) is 0 Å². The number of allylic oxidation sites excluding steroid dienone is 4. The number of para-hydroxylation sites is 1. The molecular formula is C35H29N3O3. The van der Waals surface area contributed by atoms with Gasteiger partial charge in [-0.3, -0.25) is 4.79 Å². The number of carbonyl (C=O) groups excluding carboxylic acids is 1. The van der Waals surface area contributed by atoms with Crippen LogP contribution in [0.25, 0.3) is 16.8 Å². The molecule has 202 valence electrons. The van der Waals surface area contributed by atoms with Crippen LogP contribution in [-0.2, 0) is 4.79 Å². The highest BCUT2D eigenvalue weighted by molar-refractivity contribution is 6.23. The average Bonchev–Trinajstić information content (AvgIpc) is 3.42. The summed E-state index contributed by atoms with van der Waals surface area (Å²) < 4.78 is 4.67. The molecule has 2 fully saturated rings. The van der Waals surface area contributed by atoms with E-state index in [4.69, 9.17) is 0 Å². The van der Waals surface area contributed by atoms with Gasteiger partial charge in [-0.15, -0.1) is 0 Å². The first-order valence-corrected chi connectivity index (χ1v) is 14.5. The van der Waals surface area contributed by atoms with Crippen LogP contribution in [0.1, 0.15) is 37.1 Å². The summed E-state index contributed by atoms with van der Waals surface area (Å²) in [6.07, 6.45) is 4.23. The van der Waals surface area contributed by atoms with E-state index in [0.29, 0.717) is 5.69 Å². The molecule has 3 heterocycles. The fourth-order valence-electron chi connectivity index (χ4n) is 9.99. The number of benzene rings is 3. The molecule has 6 aliphatic rings. The number of rotatable bonds is 3. The van der Waals surface area contributed by atoms with Gasteiger partial charge in [0.25, 0.3) is 0 Å². The zero-order valence-corrected chi connectivity index (χ0v) is 22.8. The standard InChI is InChI=1S/C35H29N3O3/c1-34-27(20-12-6-3-7-13-20)28(21-14-8-4-9-15-21)35(2,31(34)39)30-26-24-19-18-23(25(26)29(30)34)37-32(40)36(33(41)38(24)37)22-16-10-5-11-17-22/h3-19,23-26,29-30H,1-2H3/t23-,24-,25-,26+,29-,30-,34-,35+/m1/s1. The SMILES string of the molecule is C[C@@]12C(=O)[C@@](C)(C(c3ccccc3)=C1c1ccccc1)[C@@H]1[C@@H]3[C@H]([C@H]12)[C@H]1C=C[C@H]3n2c(=O)n(-c3ccccc3)c(=O)n21.